The van der Waals surface area contributed by atoms with Crippen molar-refractivity contribution in [2.24, 2.45) is 0 Å². The Kier molecular flexibility index (Phi) is 6.60. The number of aryl methyl sites for hydroxylation is 1. The van der Waals surface area contributed by atoms with Gasteiger partial charge in [0.05, 0.1) is 26.9 Å². The topological polar surface area (TPSA) is 103 Å². The zero-order valence-corrected chi connectivity index (χ0v) is 19.7. The molecule has 1 aliphatic heterocycles. The number of H-pyrrole nitrogens is 1. The number of thioether (sulfide) groups is 1. The first-order valence-electron chi connectivity index (χ1n) is 10.4. The van der Waals surface area contributed by atoms with Crippen molar-refractivity contribution in [1.82, 2.24) is 9.97 Å². The van der Waals surface area contributed by atoms with Crippen molar-refractivity contribution in [3.05, 3.63) is 69.0 Å². The van der Waals surface area contributed by atoms with E-state index in [1.54, 1.807) is 12.1 Å². The van der Waals surface area contributed by atoms with Gasteiger partial charge >= 0.3 is 0 Å². The summed E-state index contributed by atoms with van der Waals surface area (Å²) in [4.78, 5) is 33.0. The van der Waals surface area contributed by atoms with Crippen LogP contribution < -0.4 is 25.1 Å². The molecule has 9 heteroatoms. The molecule has 33 heavy (non-hydrogen) atoms. The number of aromatic amines is 1. The number of hydrogen-bond donors (Lipinski definition) is 2. The lowest BCUT2D eigenvalue weighted by atomic mass is 9.86. The molecule has 4 rings (SSSR count). The van der Waals surface area contributed by atoms with Crippen LogP contribution in [0.4, 0.5) is 5.82 Å². The minimum Gasteiger partial charge on any atom is -0.493 e. The molecule has 0 saturated heterocycles. The van der Waals surface area contributed by atoms with Gasteiger partial charge in [-0.1, -0.05) is 41.6 Å². The molecule has 1 aromatic heterocycles. The van der Waals surface area contributed by atoms with Crippen LogP contribution in [-0.2, 0) is 10.5 Å². The molecule has 2 N–H and O–H groups in total. The Morgan fingerprint density at radius 3 is 2.30 bits per heavy atom. The standard InChI is InChI=1S/C24H25N3O5S/c1-13-5-7-14(8-6-13)12-33-24-26-22-20(23(29)27-24)16(11-19(28)25-22)15-9-17(30-2)21(32-4)18(10-15)31-3/h5-10,16H,11-12H2,1-4H3,(H2,25,26,27,28,29)/t16-/m0/s1. The van der Waals surface area contributed by atoms with E-state index in [2.05, 4.69) is 15.3 Å². The van der Waals surface area contributed by atoms with Crippen LogP contribution in [0.5, 0.6) is 17.2 Å². The monoisotopic (exact) mass is 467 g/mol. The van der Waals surface area contributed by atoms with Crippen molar-refractivity contribution in [3.8, 4) is 17.2 Å². The maximum absolute atomic E-state index is 13.1. The Labute approximate surface area is 195 Å². The SMILES string of the molecule is COc1cc([C@@H]2CC(=O)Nc3nc(SCc4ccc(C)cc4)[nH]c(=O)c32)cc(OC)c1OC. The van der Waals surface area contributed by atoms with Crippen molar-refractivity contribution >= 4 is 23.5 Å². The number of carbonyl (C=O) groups is 1. The maximum atomic E-state index is 13.1. The third-order valence-electron chi connectivity index (χ3n) is 5.51. The molecule has 172 valence electrons. The normalized spacial score (nSPS) is 14.9. The van der Waals surface area contributed by atoms with Gasteiger partial charge < -0.3 is 24.5 Å². The number of benzene rings is 2. The lowest BCUT2D eigenvalue weighted by Crippen LogP contribution is -2.31. The highest BCUT2D eigenvalue weighted by atomic mass is 32.2. The van der Waals surface area contributed by atoms with Crippen LogP contribution in [-0.4, -0.2) is 37.2 Å². The first-order valence-corrected chi connectivity index (χ1v) is 11.3. The lowest BCUT2D eigenvalue weighted by Gasteiger charge is -2.25. The van der Waals surface area contributed by atoms with E-state index in [0.29, 0.717) is 39.3 Å². The van der Waals surface area contributed by atoms with Gasteiger partial charge in [0, 0.05) is 18.1 Å². The van der Waals surface area contributed by atoms with Crippen LogP contribution in [0.3, 0.4) is 0 Å². The second kappa shape index (κ2) is 9.58. The fraction of sp³-hybridized carbons (Fsp3) is 0.292. The Hall–Kier alpha value is -3.46. The minimum absolute atomic E-state index is 0.103. The molecular formula is C24H25N3O5S. The lowest BCUT2D eigenvalue weighted by molar-refractivity contribution is -0.116. The summed E-state index contributed by atoms with van der Waals surface area (Å²) in [6.45, 7) is 2.03. The molecule has 8 nitrogen and oxygen atoms in total. The minimum atomic E-state index is -0.505. The van der Waals surface area contributed by atoms with Crippen molar-refractivity contribution < 1.29 is 19.0 Å². The smallest absolute Gasteiger partial charge is 0.257 e. The molecule has 1 amide bonds. The fourth-order valence-corrected chi connectivity index (χ4v) is 4.66. The summed E-state index contributed by atoms with van der Waals surface area (Å²) >= 11 is 1.41. The van der Waals surface area contributed by atoms with Gasteiger partial charge in [-0.25, -0.2) is 4.98 Å². The van der Waals surface area contributed by atoms with Crippen LogP contribution in [0, 0.1) is 6.92 Å². The first-order chi connectivity index (χ1) is 15.9. The summed E-state index contributed by atoms with van der Waals surface area (Å²) < 4.78 is 16.3. The highest BCUT2D eigenvalue weighted by molar-refractivity contribution is 7.98. The van der Waals surface area contributed by atoms with Gasteiger partial charge in [-0.2, -0.15) is 0 Å². The Morgan fingerprint density at radius 1 is 1.03 bits per heavy atom. The van der Waals surface area contributed by atoms with Crippen molar-refractivity contribution in [1.29, 1.82) is 0 Å². The van der Waals surface area contributed by atoms with Crippen molar-refractivity contribution in [3.63, 3.8) is 0 Å². The second-order valence-electron chi connectivity index (χ2n) is 7.67. The average molecular weight is 468 g/mol. The number of rotatable bonds is 7. The summed E-state index contributed by atoms with van der Waals surface area (Å²) in [7, 11) is 4.57. The number of anilines is 1. The van der Waals surface area contributed by atoms with Crippen molar-refractivity contribution in [2.45, 2.75) is 30.2 Å². The molecule has 2 aromatic carbocycles. The van der Waals surface area contributed by atoms with Gasteiger partial charge in [-0.15, -0.1) is 0 Å². The molecule has 0 fully saturated rings. The van der Waals surface area contributed by atoms with E-state index in [4.69, 9.17) is 14.2 Å². The fourth-order valence-electron chi connectivity index (χ4n) is 3.84. The zero-order chi connectivity index (χ0) is 23.5. The molecule has 0 saturated carbocycles. The number of ether oxygens (including phenoxy) is 3. The number of carbonyl (C=O) groups excluding carboxylic acids is 1. The highest BCUT2D eigenvalue weighted by Crippen LogP contribution is 2.43. The van der Waals surface area contributed by atoms with Gasteiger partial charge in [0.25, 0.3) is 5.56 Å². The van der Waals surface area contributed by atoms with Gasteiger partial charge in [0.15, 0.2) is 16.7 Å². The van der Waals surface area contributed by atoms with E-state index in [1.165, 1.54) is 38.7 Å². The third-order valence-corrected chi connectivity index (χ3v) is 6.46. The molecular weight excluding hydrogens is 442 g/mol. The second-order valence-corrected chi connectivity index (χ2v) is 8.64. The maximum Gasteiger partial charge on any atom is 0.257 e. The Balaban J connectivity index is 1.70. The number of aromatic nitrogens is 2. The molecule has 1 atom stereocenters. The zero-order valence-electron chi connectivity index (χ0n) is 18.9. The number of amides is 1. The van der Waals surface area contributed by atoms with Gasteiger partial charge in [-0.3, -0.25) is 9.59 Å². The summed E-state index contributed by atoms with van der Waals surface area (Å²) in [5.41, 5.74) is 3.12. The number of hydrogen-bond acceptors (Lipinski definition) is 7. The third kappa shape index (κ3) is 4.68. The molecule has 2 heterocycles. The molecule has 1 aliphatic rings. The summed E-state index contributed by atoms with van der Waals surface area (Å²) in [5, 5.41) is 3.20. The van der Waals surface area contributed by atoms with E-state index in [9.17, 15) is 9.59 Å². The first kappa shape index (κ1) is 22.7. The molecule has 0 radical (unpaired) electrons. The van der Waals surface area contributed by atoms with E-state index in [0.717, 1.165) is 5.56 Å². The Bertz CT molecular complexity index is 1210. The van der Waals surface area contributed by atoms with E-state index in [-0.39, 0.29) is 23.7 Å². The van der Waals surface area contributed by atoms with Crippen LogP contribution in [0.1, 0.15) is 34.6 Å². The van der Waals surface area contributed by atoms with Gasteiger partial charge in [0.1, 0.15) is 5.82 Å². The number of nitrogens with one attached hydrogen (secondary N) is 2. The molecule has 0 spiro atoms. The van der Waals surface area contributed by atoms with E-state index < -0.39 is 5.92 Å². The summed E-state index contributed by atoms with van der Waals surface area (Å²) in [6, 6.07) is 11.7. The van der Waals surface area contributed by atoms with Crippen LogP contribution in [0.25, 0.3) is 0 Å². The molecule has 0 bridgehead atoms. The van der Waals surface area contributed by atoms with Gasteiger partial charge in [0.2, 0.25) is 11.7 Å². The Morgan fingerprint density at radius 2 is 1.70 bits per heavy atom. The van der Waals surface area contributed by atoms with E-state index >= 15 is 0 Å². The largest absolute Gasteiger partial charge is 0.493 e. The highest BCUT2D eigenvalue weighted by Gasteiger charge is 2.32. The predicted octanol–water partition coefficient (Wildman–Crippen LogP) is 3.87. The van der Waals surface area contributed by atoms with E-state index in [1.807, 2.05) is 31.2 Å². The number of fused-ring (bicyclic) bond motifs is 1. The molecule has 3 aromatic rings. The summed E-state index contributed by atoms with van der Waals surface area (Å²) in [6.07, 6.45) is 0.103. The van der Waals surface area contributed by atoms with Gasteiger partial charge in [-0.05, 0) is 30.2 Å². The van der Waals surface area contributed by atoms with Crippen molar-refractivity contribution in [2.75, 3.05) is 26.6 Å². The molecule has 0 unspecified atom stereocenters. The number of methoxy groups -OCH3 is 3. The average Bonchev–Trinajstić information content (AvgIpc) is 2.81. The van der Waals surface area contributed by atoms with Crippen LogP contribution in [0.2, 0.25) is 0 Å². The predicted molar refractivity (Wildman–Crippen MR) is 127 cm³/mol. The van der Waals surface area contributed by atoms with Crippen LogP contribution in [0.15, 0.2) is 46.3 Å². The quantitative estimate of drug-likeness (QED) is 0.402. The molecule has 0 aliphatic carbocycles. The van der Waals surface area contributed by atoms with Crippen LogP contribution >= 0.6 is 11.8 Å². The summed E-state index contributed by atoms with van der Waals surface area (Å²) in [5.74, 6) is 1.55. The number of nitrogens with zero attached hydrogens (tertiary/aromatic N) is 1.